The van der Waals surface area contributed by atoms with E-state index in [0.717, 1.165) is 17.8 Å². The summed E-state index contributed by atoms with van der Waals surface area (Å²) in [6, 6.07) is 7.63. The zero-order chi connectivity index (χ0) is 11.5. The Labute approximate surface area is 94.7 Å². The zero-order valence-corrected chi connectivity index (χ0v) is 8.89. The van der Waals surface area contributed by atoms with Gasteiger partial charge in [0.25, 0.3) is 0 Å². The third-order valence-electron chi connectivity index (χ3n) is 2.88. The highest BCUT2D eigenvalue weighted by Crippen LogP contribution is 2.35. The fourth-order valence-corrected chi connectivity index (χ4v) is 2.11. The number of rotatable bonds is 3. The Morgan fingerprint density at radius 2 is 2.31 bits per heavy atom. The number of fused-ring (bicyclic) bond motifs is 1. The van der Waals surface area contributed by atoms with Crippen LogP contribution < -0.4 is 4.90 Å². The molecular formula is C13H13NO2. The van der Waals surface area contributed by atoms with Crippen LogP contribution in [0, 0.1) is 12.3 Å². The van der Waals surface area contributed by atoms with Crippen LogP contribution in [0.15, 0.2) is 24.3 Å². The van der Waals surface area contributed by atoms with Gasteiger partial charge in [-0.05, 0) is 11.6 Å². The number of nitrogens with zero attached hydrogens (tertiary/aromatic N) is 1. The molecule has 2 rings (SSSR count). The molecule has 1 aromatic carbocycles. The summed E-state index contributed by atoms with van der Waals surface area (Å²) >= 11 is 0. The monoisotopic (exact) mass is 215 g/mol. The van der Waals surface area contributed by atoms with Crippen molar-refractivity contribution in [1.82, 2.24) is 0 Å². The molecule has 0 spiro atoms. The van der Waals surface area contributed by atoms with Gasteiger partial charge in [-0.2, -0.15) is 0 Å². The van der Waals surface area contributed by atoms with Crippen LogP contribution in [0.25, 0.3) is 0 Å². The van der Waals surface area contributed by atoms with Crippen LogP contribution in [0.3, 0.4) is 0 Å². The van der Waals surface area contributed by atoms with E-state index in [4.69, 9.17) is 11.5 Å². The van der Waals surface area contributed by atoms with Crippen molar-refractivity contribution in [2.24, 2.45) is 0 Å². The molecule has 0 amide bonds. The van der Waals surface area contributed by atoms with Crippen molar-refractivity contribution in [1.29, 1.82) is 0 Å². The van der Waals surface area contributed by atoms with Crippen molar-refractivity contribution in [3.63, 3.8) is 0 Å². The van der Waals surface area contributed by atoms with Crippen LogP contribution in [0.1, 0.15) is 17.9 Å². The Balaban J connectivity index is 2.29. The van der Waals surface area contributed by atoms with Gasteiger partial charge in [0.15, 0.2) is 0 Å². The van der Waals surface area contributed by atoms with E-state index in [1.807, 2.05) is 29.2 Å². The lowest BCUT2D eigenvalue weighted by Gasteiger charge is -2.17. The number of carboxylic acid groups (broad SMARTS) is 1. The van der Waals surface area contributed by atoms with Gasteiger partial charge >= 0.3 is 5.97 Å². The van der Waals surface area contributed by atoms with E-state index in [0.29, 0.717) is 13.0 Å². The molecule has 82 valence electrons. The summed E-state index contributed by atoms with van der Waals surface area (Å²) in [6.45, 7) is 1.24. The summed E-state index contributed by atoms with van der Waals surface area (Å²) in [5, 5.41) is 9.14. The second-order valence-corrected chi connectivity index (χ2v) is 3.85. The smallest absolute Gasteiger partial charge is 0.312 e. The molecule has 0 saturated carbocycles. The van der Waals surface area contributed by atoms with Crippen LogP contribution in [0.5, 0.6) is 0 Å². The molecule has 1 aliphatic heterocycles. The molecule has 3 nitrogen and oxygen atoms in total. The number of para-hydroxylation sites is 1. The number of benzene rings is 1. The van der Waals surface area contributed by atoms with Gasteiger partial charge in [-0.3, -0.25) is 4.79 Å². The van der Waals surface area contributed by atoms with Crippen LogP contribution >= 0.6 is 0 Å². The minimum absolute atomic E-state index is 0.422. The fraction of sp³-hybridized carbons (Fsp3) is 0.308. The lowest BCUT2D eigenvalue weighted by molar-refractivity contribution is -0.138. The number of carboxylic acids is 1. The lowest BCUT2D eigenvalue weighted by atomic mass is 10.0. The molecule has 1 atom stereocenters. The molecular weight excluding hydrogens is 202 g/mol. The summed E-state index contributed by atoms with van der Waals surface area (Å²) in [4.78, 5) is 13.2. The van der Waals surface area contributed by atoms with Gasteiger partial charge in [0.05, 0.1) is 0 Å². The fourth-order valence-electron chi connectivity index (χ4n) is 2.11. The van der Waals surface area contributed by atoms with E-state index in [-0.39, 0.29) is 0 Å². The molecule has 0 aliphatic carbocycles. The first-order chi connectivity index (χ1) is 7.74. The maximum Gasteiger partial charge on any atom is 0.312 e. The molecule has 1 aliphatic rings. The van der Waals surface area contributed by atoms with E-state index in [2.05, 4.69) is 5.92 Å². The highest BCUT2D eigenvalue weighted by atomic mass is 16.4. The average Bonchev–Trinajstić information content (AvgIpc) is 2.65. The highest BCUT2D eigenvalue weighted by molar-refractivity contribution is 5.82. The molecule has 1 aromatic rings. The Bertz CT molecular complexity index is 447. The van der Waals surface area contributed by atoms with Crippen molar-refractivity contribution in [2.75, 3.05) is 18.0 Å². The summed E-state index contributed by atoms with van der Waals surface area (Å²) in [6.07, 6.45) is 5.87. The summed E-state index contributed by atoms with van der Waals surface area (Å²) in [7, 11) is 0. The van der Waals surface area contributed by atoms with E-state index in [1.54, 1.807) is 0 Å². The molecule has 1 heterocycles. The Hall–Kier alpha value is -1.95. The Morgan fingerprint density at radius 3 is 3.00 bits per heavy atom. The number of hydrogen-bond donors (Lipinski definition) is 1. The number of aliphatic carboxylic acids is 1. The SMILES string of the molecule is C#CCCN1CC(C(=O)O)c2ccccc21. The predicted octanol–water partition coefficient (Wildman–Crippen LogP) is 1.70. The third-order valence-corrected chi connectivity index (χ3v) is 2.88. The van der Waals surface area contributed by atoms with Gasteiger partial charge in [0.2, 0.25) is 0 Å². The summed E-state index contributed by atoms with van der Waals surface area (Å²) in [5.74, 6) is 1.39. The van der Waals surface area contributed by atoms with Crippen LogP contribution in [-0.2, 0) is 4.79 Å². The highest BCUT2D eigenvalue weighted by Gasteiger charge is 2.32. The minimum atomic E-state index is -0.768. The number of carbonyl (C=O) groups is 1. The van der Waals surface area contributed by atoms with Crippen LogP contribution in [-0.4, -0.2) is 24.2 Å². The largest absolute Gasteiger partial charge is 0.481 e. The predicted molar refractivity (Wildman–Crippen MR) is 62.5 cm³/mol. The van der Waals surface area contributed by atoms with Crippen molar-refractivity contribution >= 4 is 11.7 Å². The molecule has 1 unspecified atom stereocenters. The van der Waals surface area contributed by atoms with Crippen molar-refractivity contribution in [3.05, 3.63) is 29.8 Å². The Morgan fingerprint density at radius 1 is 1.56 bits per heavy atom. The van der Waals surface area contributed by atoms with Gasteiger partial charge in [-0.15, -0.1) is 12.3 Å². The zero-order valence-electron chi connectivity index (χ0n) is 8.89. The quantitative estimate of drug-likeness (QED) is 0.780. The second-order valence-electron chi connectivity index (χ2n) is 3.85. The molecule has 16 heavy (non-hydrogen) atoms. The number of terminal acetylenes is 1. The van der Waals surface area contributed by atoms with Gasteiger partial charge in [-0.25, -0.2) is 0 Å². The molecule has 0 radical (unpaired) electrons. The standard InChI is InChI=1S/C13H13NO2/c1-2-3-8-14-9-11(13(15)16)10-6-4-5-7-12(10)14/h1,4-7,11H,3,8-9H2,(H,15,16). The lowest BCUT2D eigenvalue weighted by Crippen LogP contribution is -2.25. The van der Waals surface area contributed by atoms with Gasteiger partial charge < -0.3 is 10.0 Å². The molecule has 1 N–H and O–H groups in total. The summed E-state index contributed by atoms with van der Waals surface area (Å²) in [5.41, 5.74) is 1.90. The second kappa shape index (κ2) is 4.28. The molecule has 0 saturated heterocycles. The van der Waals surface area contributed by atoms with E-state index in [1.165, 1.54) is 0 Å². The first kappa shape index (κ1) is 10.6. The normalized spacial score (nSPS) is 17.9. The first-order valence-electron chi connectivity index (χ1n) is 5.24. The third kappa shape index (κ3) is 1.74. The van der Waals surface area contributed by atoms with Crippen molar-refractivity contribution in [2.45, 2.75) is 12.3 Å². The topological polar surface area (TPSA) is 40.5 Å². The first-order valence-corrected chi connectivity index (χ1v) is 5.24. The molecule has 0 aromatic heterocycles. The maximum absolute atomic E-state index is 11.1. The Kier molecular flexibility index (Phi) is 2.82. The number of anilines is 1. The van der Waals surface area contributed by atoms with Crippen molar-refractivity contribution in [3.8, 4) is 12.3 Å². The van der Waals surface area contributed by atoms with Crippen LogP contribution in [0.4, 0.5) is 5.69 Å². The van der Waals surface area contributed by atoms with Crippen molar-refractivity contribution < 1.29 is 9.90 Å². The van der Waals surface area contributed by atoms with Gasteiger partial charge in [0, 0.05) is 25.2 Å². The minimum Gasteiger partial charge on any atom is -0.481 e. The molecule has 3 heteroatoms. The average molecular weight is 215 g/mol. The van der Waals surface area contributed by atoms with E-state index in [9.17, 15) is 4.79 Å². The van der Waals surface area contributed by atoms with Gasteiger partial charge in [-0.1, -0.05) is 18.2 Å². The summed E-state index contributed by atoms with van der Waals surface area (Å²) < 4.78 is 0. The van der Waals surface area contributed by atoms with Crippen LogP contribution in [0.2, 0.25) is 0 Å². The van der Waals surface area contributed by atoms with Gasteiger partial charge in [0.1, 0.15) is 5.92 Å². The van der Waals surface area contributed by atoms with E-state index < -0.39 is 11.9 Å². The number of hydrogen-bond acceptors (Lipinski definition) is 2. The maximum atomic E-state index is 11.1. The van der Waals surface area contributed by atoms with E-state index >= 15 is 0 Å². The molecule has 0 bridgehead atoms. The molecule has 0 fully saturated rings.